The van der Waals surface area contributed by atoms with Crippen LogP contribution >= 0.6 is 0 Å². The number of alkyl halides is 3. The number of hydrogen-bond donors (Lipinski definition) is 0. The monoisotopic (exact) mass is 808 g/mol. The number of aryl methyl sites for hydroxylation is 1. The van der Waals surface area contributed by atoms with Crippen molar-refractivity contribution in [3.63, 3.8) is 0 Å². The molecule has 0 bridgehead atoms. The minimum absolute atomic E-state index is 0.388. The van der Waals surface area contributed by atoms with E-state index in [9.17, 15) is 18.4 Å². The van der Waals surface area contributed by atoms with Gasteiger partial charge in [-0.2, -0.15) is 18.4 Å². The van der Waals surface area contributed by atoms with Gasteiger partial charge in [0.25, 0.3) is 0 Å². The second-order valence-electron chi connectivity index (χ2n) is 15.3. The third-order valence-corrected chi connectivity index (χ3v) is 11.3. The molecule has 0 saturated heterocycles. The molecule has 0 N–H and O–H groups in total. The first-order chi connectivity index (χ1) is 30.2. The molecule has 10 rings (SSSR count). The SMILES string of the molecule is Cc1cccc(-c2cc(-c3nc(-c4ccccc4)cc(-c4ccccc4)n3)cc(-c3cccc(C(F)(F)F)c3)c2-n2c3ccccc3c3cc(-c4ccccc4C#N)ccc32)c1. The zero-order valence-electron chi connectivity index (χ0n) is 33.4. The maximum atomic E-state index is 14.6. The van der Waals surface area contributed by atoms with E-state index in [0.29, 0.717) is 45.2 Å². The Labute approximate surface area is 356 Å². The molecule has 0 fully saturated rings. The Morgan fingerprint density at radius 3 is 1.69 bits per heavy atom. The van der Waals surface area contributed by atoms with E-state index in [0.717, 1.165) is 66.8 Å². The zero-order valence-corrected chi connectivity index (χ0v) is 33.4. The first-order valence-electron chi connectivity index (χ1n) is 20.2. The van der Waals surface area contributed by atoms with Gasteiger partial charge in [-0.05, 0) is 83.8 Å². The van der Waals surface area contributed by atoms with E-state index in [1.165, 1.54) is 12.1 Å². The molecule has 0 spiro atoms. The zero-order chi connectivity index (χ0) is 42.4. The van der Waals surface area contributed by atoms with Gasteiger partial charge in [-0.1, -0.05) is 145 Å². The van der Waals surface area contributed by atoms with Gasteiger partial charge in [0, 0.05) is 38.6 Å². The van der Waals surface area contributed by atoms with Crippen LogP contribution in [0.3, 0.4) is 0 Å². The van der Waals surface area contributed by atoms with Crippen molar-refractivity contribution < 1.29 is 13.2 Å². The van der Waals surface area contributed by atoms with Crippen molar-refractivity contribution in [1.29, 1.82) is 5.26 Å². The minimum atomic E-state index is -4.58. The summed E-state index contributed by atoms with van der Waals surface area (Å²) in [6, 6.07) is 63.5. The average Bonchev–Trinajstić information content (AvgIpc) is 3.64. The number of nitriles is 1. The van der Waals surface area contributed by atoms with Crippen LogP contribution in [0.1, 0.15) is 16.7 Å². The van der Waals surface area contributed by atoms with Crippen LogP contribution < -0.4 is 0 Å². The fourth-order valence-corrected chi connectivity index (χ4v) is 8.42. The summed E-state index contributed by atoms with van der Waals surface area (Å²) in [5, 5.41) is 11.9. The molecule has 10 aromatic rings. The molecule has 2 heterocycles. The summed E-state index contributed by atoms with van der Waals surface area (Å²) in [7, 11) is 0. The number of para-hydroxylation sites is 1. The number of benzene rings is 8. The van der Waals surface area contributed by atoms with Crippen LogP contribution in [-0.4, -0.2) is 14.5 Å². The molecule has 0 saturated carbocycles. The molecule has 62 heavy (non-hydrogen) atoms. The van der Waals surface area contributed by atoms with E-state index in [-0.39, 0.29) is 0 Å². The molecule has 0 aliphatic rings. The number of fused-ring (bicyclic) bond motifs is 3. The highest BCUT2D eigenvalue weighted by Crippen LogP contribution is 2.45. The van der Waals surface area contributed by atoms with E-state index >= 15 is 0 Å². The first-order valence-corrected chi connectivity index (χ1v) is 20.2. The molecule has 0 aliphatic heterocycles. The molecule has 296 valence electrons. The van der Waals surface area contributed by atoms with Crippen LogP contribution in [-0.2, 0) is 6.18 Å². The highest BCUT2D eigenvalue weighted by Gasteiger charge is 2.31. The Balaban J connectivity index is 1.33. The molecule has 0 radical (unpaired) electrons. The van der Waals surface area contributed by atoms with Crippen LogP contribution in [0, 0.1) is 18.3 Å². The summed E-state index contributed by atoms with van der Waals surface area (Å²) in [4.78, 5) is 10.3. The Kier molecular flexibility index (Phi) is 9.54. The highest BCUT2D eigenvalue weighted by molar-refractivity contribution is 6.12. The van der Waals surface area contributed by atoms with Crippen LogP contribution in [0.2, 0.25) is 0 Å². The Morgan fingerprint density at radius 2 is 1.03 bits per heavy atom. The maximum Gasteiger partial charge on any atom is 0.416 e. The number of hydrogen-bond acceptors (Lipinski definition) is 3. The third kappa shape index (κ3) is 6.98. The minimum Gasteiger partial charge on any atom is -0.308 e. The molecule has 2 aromatic heterocycles. The topological polar surface area (TPSA) is 54.5 Å². The summed E-state index contributed by atoms with van der Waals surface area (Å²) < 4.78 is 46.0. The Bertz CT molecular complexity index is 3300. The summed E-state index contributed by atoms with van der Waals surface area (Å²) >= 11 is 0. The van der Waals surface area contributed by atoms with Crippen LogP contribution in [0.25, 0.3) is 94.8 Å². The molecule has 8 aromatic carbocycles. The van der Waals surface area contributed by atoms with Crippen LogP contribution in [0.4, 0.5) is 13.2 Å². The van der Waals surface area contributed by atoms with Crippen molar-refractivity contribution in [1.82, 2.24) is 14.5 Å². The van der Waals surface area contributed by atoms with Crippen LogP contribution in [0.5, 0.6) is 0 Å². The lowest BCUT2D eigenvalue weighted by Crippen LogP contribution is -2.06. The number of halogens is 3. The van der Waals surface area contributed by atoms with E-state index in [4.69, 9.17) is 9.97 Å². The molecule has 0 aliphatic carbocycles. The van der Waals surface area contributed by atoms with E-state index < -0.39 is 11.7 Å². The molecule has 7 heteroatoms. The lowest BCUT2D eigenvalue weighted by molar-refractivity contribution is -0.137. The molecule has 0 unspecified atom stereocenters. The molecule has 4 nitrogen and oxygen atoms in total. The van der Waals surface area contributed by atoms with Crippen LogP contribution in [0.15, 0.2) is 194 Å². The predicted octanol–water partition coefficient (Wildman–Crippen LogP) is 14.8. The number of nitrogens with zero attached hydrogens (tertiary/aromatic N) is 4. The summed E-state index contributed by atoms with van der Waals surface area (Å²) in [5.41, 5.74) is 11.5. The van der Waals surface area contributed by atoms with Crippen molar-refractivity contribution in [3.05, 3.63) is 211 Å². The van der Waals surface area contributed by atoms with E-state index in [1.807, 2.05) is 153 Å². The Hall–Kier alpha value is -8.08. The van der Waals surface area contributed by atoms with Gasteiger partial charge in [-0.3, -0.25) is 0 Å². The van der Waals surface area contributed by atoms with Crippen molar-refractivity contribution >= 4 is 21.8 Å². The lowest BCUT2D eigenvalue weighted by Gasteiger charge is -2.22. The summed E-state index contributed by atoms with van der Waals surface area (Å²) in [5.74, 6) is 0.432. The second kappa shape index (κ2) is 15.5. The summed E-state index contributed by atoms with van der Waals surface area (Å²) in [6.45, 7) is 2.03. The van der Waals surface area contributed by atoms with Crippen molar-refractivity contribution in [2.45, 2.75) is 13.1 Å². The van der Waals surface area contributed by atoms with Crippen molar-refractivity contribution in [2.75, 3.05) is 0 Å². The van der Waals surface area contributed by atoms with Gasteiger partial charge < -0.3 is 4.57 Å². The predicted molar refractivity (Wildman–Crippen MR) is 243 cm³/mol. The largest absolute Gasteiger partial charge is 0.416 e. The normalized spacial score (nSPS) is 11.5. The quantitative estimate of drug-likeness (QED) is 0.161. The standard InChI is InChI=1S/C55H35F3N4/c1-35-14-12-20-38(28-35)46-31-42(54-60-49(36-15-4-2-5-16-36)33-50(61-54)37-17-6-3-7-18-37)32-47(39-21-13-22-43(29-39)55(56,57)58)53(46)62-51-25-11-10-24-45(51)48-30-40(26-27-52(48)62)44-23-9-8-19-41(44)34-59/h2-33H,1H3. The molecular formula is C55H35F3N4. The maximum absolute atomic E-state index is 14.6. The summed E-state index contributed by atoms with van der Waals surface area (Å²) in [6.07, 6.45) is -4.58. The molecular weight excluding hydrogens is 774 g/mol. The second-order valence-corrected chi connectivity index (χ2v) is 15.3. The Morgan fingerprint density at radius 1 is 0.468 bits per heavy atom. The van der Waals surface area contributed by atoms with Gasteiger partial charge in [-0.15, -0.1) is 0 Å². The number of rotatable bonds is 7. The third-order valence-electron chi connectivity index (χ3n) is 11.3. The van der Waals surface area contributed by atoms with Gasteiger partial charge in [-0.25, -0.2) is 9.97 Å². The highest BCUT2D eigenvalue weighted by atomic mass is 19.4. The molecule has 0 atom stereocenters. The van der Waals surface area contributed by atoms with Gasteiger partial charge in [0.05, 0.1) is 45.3 Å². The van der Waals surface area contributed by atoms with Gasteiger partial charge >= 0.3 is 6.18 Å². The number of aromatic nitrogens is 3. The fraction of sp³-hybridized carbons (Fsp3) is 0.0364. The lowest BCUT2D eigenvalue weighted by atomic mass is 9.91. The van der Waals surface area contributed by atoms with E-state index in [2.05, 4.69) is 34.9 Å². The first kappa shape index (κ1) is 38.1. The van der Waals surface area contributed by atoms with Gasteiger partial charge in [0.2, 0.25) is 0 Å². The van der Waals surface area contributed by atoms with E-state index in [1.54, 1.807) is 6.07 Å². The average molecular weight is 809 g/mol. The smallest absolute Gasteiger partial charge is 0.308 e. The van der Waals surface area contributed by atoms with Crippen molar-refractivity contribution in [3.8, 4) is 79.0 Å². The van der Waals surface area contributed by atoms with Crippen molar-refractivity contribution in [2.24, 2.45) is 0 Å². The van der Waals surface area contributed by atoms with Gasteiger partial charge in [0.1, 0.15) is 0 Å². The van der Waals surface area contributed by atoms with Gasteiger partial charge in [0.15, 0.2) is 5.82 Å². The fourth-order valence-electron chi connectivity index (χ4n) is 8.42. The molecule has 0 amide bonds.